The molecule has 2 aliphatic rings. The molecule has 0 saturated carbocycles. The molecule has 2 aliphatic heterocycles. The molecule has 3 aromatic carbocycles. The van der Waals surface area contributed by atoms with Gasteiger partial charge < -0.3 is 18.9 Å². The van der Waals surface area contributed by atoms with Gasteiger partial charge in [0.2, 0.25) is 6.23 Å². The fourth-order valence-electron chi connectivity index (χ4n) is 4.35. The minimum absolute atomic E-state index is 0.0533. The van der Waals surface area contributed by atoms with Crippen molar-refractivity contribution in [3.05, 3.63) is 83.4 Å². The van der Waals surface area contributed by atoms with Crippen molar-refractivity contribution in [2.24, 2.45) is 5.10 Å². The second kappa shape index (κ2) is 8.70. The summed E-state index contributed by atoms with van der Waals surface area (Å²) in [6.07, 6.45) is 0.573. The summed E-state index contributed by atoms with van der Waals surface area (Å²) in [4.78, 5) is 0. The SMILES string of the molecule is COc1ccc(C2=NN3C(C2)c2cc(OC)ccc2OC3c2ccc(OC(C)C)cc2)cc1. The van der Waals surface area contributed by atoms with Crippen LogP contribution in [-0.2, 0) is 0 Å². The van der Waals surface area contributed by atoms with Gasteiger partial charge in [-0.05, 0) is 86.1 Å². The molecule has 0 saturated heterocycles. The van der Waals surface area contributed by atoms with Crippen LogP contribution in [0.4, 0.5) is 0 Å². The molecule has 5 rings (SSSR count). The van der Waals surface area contributed by atoms with Crippen LogP contribution in [0.15, 0.2) is 71.8 Å². The average Bonchev–Trinajstić information content (AvgIpc) is 3.29. The van der Waals surface area contributed by atoms with Gasteiger partial charge in [0, 0.05) is 17.5 Å². The molecular formula is C27H28N2O4. The predicted octanol–water partition coefficient (Wildman–Crippen LogP) is 5.73. The van der Waals surface area contributed by atoms with Crippen molar-refractivity contribution in [3.8, 4) is 23.0 Å². The van der Waals surface area contributed by atoms with Crippen molar-refractivity contribution in [1.29, 1.82) is 0 Å². The lowest BCUT2D eigenvalue weighted by Gasteiger charge is -2.38. The molecule has 0 radical (unpaired) electrons. The average molecular weight is 445 g/mol. The van der Waals surface area contributed by atoms with Crippen LogP contribution >= 0.6 is 0 Å². The van der Waals surface area contributed by atoms with Gasteiger partial charge in [-0.3, -0.25) is 0 Å². The number of hydrazone groups is 1. The zero-order valence-electron chi connectivity index (χ0n) is 19.3. The molecular weight excluding hydrogens is 416 g/mol. The number of methoxy groups -OCH3 is 2. The highest BCUT2D eigenvalue weighted by Gasteiger charge is 2.41. The standard InChI is InChI=1S/C27H28N2O4/c1-17(2)32-21-11-7-19(8-12-21)27-29-25(23-15-22(31-4)13-14-26(23)33-27)16-24(28-29)18-5-9-20(30-3)10-6-18/h5-15,17,25,27H,16H2,1-4H3. The number of benzene rings is 3. The lowest BCUT2D eigenvalue weighted by atomic mass is 9.95. The molecule has 2 unspecified atom stereocenters. The molecule has 0 N–H and O–H groups in total. The Labute approximate surface area is 194 Å². The summed E-state index contributed by atoms with van der Waals surface area (Å²) in [6.45, 7) is 4.04. The third kappa shape index (κ3) is 4.09. The van der Waals surface area contributed by atoms with Crippen LogP contribution in [0.3, 0.4) is 0 Å². The van der Waals surface area contributed by atoms with Crippen molar-refractivity contribution < 1.29 is 18.9 Å². The van der Waals surface area contributed by atoms with Crippen molar-refractivity contribution in [2.75, 3.05) is 14.2 Å². The lowest BCUT2D eigenvalue weighted by Crippen LogP contribution is -2.33. The first-order valence-electron chi connectivity index (χ1n) is 11.2. The minimum Gasteiger partial charge on any atom is -0.497 e. The van der Waals surface area contributed by atoms with E-state index in [1.54, 1.807) is 14.2 Å². The first kappa shape index (κ1) is 21.2. The van der Waals surface area contributed by atoms with Gasteiger partial charge in [-0.25, -0.2) is 5.01 Å². The predicted molar refractivity (Wildman–Crippen MR) is 127 cm³/mol. The van der Waals surface area contributed by atoms with E-state index in [4.69, 9.17) is 24.0 Å². The van der Waals surface area contributed by atoms with Gasteiger partial charge in [-0.2, -0.15) is 5.10 Å². The Morgan fingerprint density at radius 2 is 1.55 bits per heavy atom. The molecule has 0 bridgehead atoms. The van der Waals surface area contributed by atoms with E-state index < -0.39 is 0 Å². The van der Waals surface area contributed by atoms with Crippen LogP contribution in [0.5, 0.6) is 23.0 Å². The Kier molecular flexibility index (Phi) is 5.58. The summed E-state index contributed by atoms with van der Waals surface area (Å²) in [6, 6.07) is 22.1. The second-order valence-electron chi connectivity index (χ2n) is 8.48. The molecule has 0 spiro atoms. The quantitative estimate of drug-likeness (QED) is 0.486. The fourth-order valence-corrected chi connectivity index (χ4v) is 4.35. The molecule has 170 valence electrons. The summed E-state index contributed by atoms with van der Waals surface area (Å²) in [5, 5.41) is 7.10. The number of fused-ring (bicyclic) bond motifs is 3. The molecule has 2 heterocycles. The van der Waals surface area contributed by atoms with E-state index in [1.165, 1.54) is 0 Å². The monoisotopic (exact) mass is 444 g/mol. The third-order valence-corrected chi connectivity index (χ3v) is 5.96. The Hall–Kier alpha value is -3.67. The molecule has 33 heavy (non-hydrogen) atoms. The molecule has 2 atom stereocenters. The Morgan fingerprint density at radius 1 is 0.879 bits per heavy atom. The minimum atomic E-state index is -0.334. The summed E-state index contributed by atoms with van der Waals surface area (Å²) in [7, 11) is 3.35. The van der Waals surface area contributed by atoms with Gasteiger partial charge in [-0.15, -0.1) is 0 Å². The van der Waals surface area contributed by atoms with Crippen LogP contribution in [0, 0.1) is 0 Å². The topological polar surface area (TPSA) is 52.5 Å². The first-order chi connectivity index (χ1) is 16.1. The van der Waals surface area contributed by atoms with Crippen LogP contribution in [0.25, 0.3) is 0 Å². The second-order valence-corrected chi connectivity index (χ2v) is 8.48. The number of rotatable bonds is 6. The first-order valence-corrected chi connectivity index (χ1v) is 11.2. The zero-order chi connectivity index (χ0) is 22.9. The third-order valence-electron chi connectivity index (χ3n) is 5.96. The zero-order valence-corrected chi connectivity index (χ0v) is 19.3. The summed E-state index contributed by atoms with van der Waals surface area (Å²) in [5.74, 6) is 3.34. The van der Waals surface area contributed by atoms with Gasteiger partial charge >= 0.3 is 0 Å². The van der Waals surface area contributed by atoms with Crippen molar-refractivity contribution >= 4 is 5.71 Å². The van der Waals surface area contributed by atoms with E-state index in [-0.39, 0.29) is 18.4 Å². The summed E-state index contributed by atoms with van der Waals surface area (Å²) in [5.41, 5.74) is 4.20. The highest BCUT2D eigenvalue weighted by atomic mass is 16.5. The van der Waals surface area contributed by atoms with Crippen molar-refractivity contribution in [1.82, 2.24) is 5.01 Å². The van der Waals surface area contributed by atoms with Gasteiger partial charge in [0.05, 0.1) is 32.1 Å². The van der Waals surface area contributed by atoms with Gasteiger partial charge in [-0.1, -0.05) is 0 Å². The Balaban J connectivity index is 1.52. The van der Waals surface area contributed by atoms with Crippen LogP contribution in [0.2, 0.25) is 0 Å². The maximum absolute atomic E-state index is 6.48. The normalized spacial score (nSPS) is 18.8. The highest BCUT2D eigenvalue weighted by molar-refractivity contribution is 6.02. The number of nitrogens with zero attached hydrogens (tertiary/aromatic N) is 2. The van der Waals surface area contributed by atoms with Gasteiger partial charge in [0.1, 0.15) is 23.0 Å². The number of hydrogen-bond donors (Lipinski definition) is 0. The van der Waals surface area contributed by atoms with Gasteiger partial charge in [0.25, 0.3) is 0 Å². The summed E-state index contributed by atoms with van der Waals surface area (Å²) >= 11 is 0. The molecule has 0 aromatic heterocycles. The van der Waals surface area contributed by atoms with Gasteiger partial charge in [0.15, 0.2) is 0 Å². The maximum atomic E-state index is 6.48. The van der Waals surface area contributed by atoms with E-state index >= 15 is 0 Å². The number of hydrogen-bond acceptors (Lipinski definition) is 6. The van der Waals surface area contributed by atoms with E-state index in [0.29, 0.717) is 0 Å². The molecule has 6 heteroatoms. The van der Waals surface area contributed by atoms with E-state index in [2.05, 4.69) is 35.3 Å². The van der Waals surface area contributed by atoms with Crippen LogP contribution in [0.1, 0.15) is 49.2 Å². The molecule has 6 nitrogen and oxygen atoms in total. The fraction of sp³-hybridized carbons (Fsp3) is 0.296. The highest BCUT2D eigenvalue weighted by Crippen LogP contribution is 2.48. The Bertz CT molecular complexity index is 1160. The lowest BCUT2D eigenvalue weighted by molar-refractivity contribution is -0.0191. The molecule has 0 amide bonds. The van der Waals surface area contributed by atoms with Crippen LogP contribution < -0.4 is 18.9 Å². The van der Waals surface area contributed by atoms with E-state index in [0.717, 1.165) is 51.8 Å². The summed E-state index contributed by atoms with van der Waals surface area (Å²) < 4.78 is 23.1. The van der Waals surface area contributed by atoms with Crippen molar-refractivity contribution in [2.45, 2.75) is 38.6 Å². The molecule has 0 aliphatic carbocycles. The molecule has 3 aromatic rings. The van der Waals surface area contributed by atoms with E-state index in [1.807, 2.05) is 50.2 Å². The molecule has 0 fully saturated rings. The maximum Gasteiger partial charge on any atom is 0.213 e. The number of ether oxygens (including phenoxy) is 4. The van der Waals surface area contributed by atoms with E-state index in [9.17, 15) is 0 Å². The largest absolute Gasteiger partial charge is 0.497 e. The smallest absolute Gasteiger partial charge is 0.213 e. The van der Waals surface area contributed by atoms with Crippen molar-refractivity contribution in [3.63, 3.8) is 0 Å². The van der Waals surface area contributed by atoms with Crippen LogP contribution in [-0.4, -0.2) is 31.0 Å². The Morgan fingerprint density at radius 3 is 2.21 bits per heavy atom.